The van der Waals surface area contributed by atoms with Crippen molar-refractivity contribution in [2.75, 3.05) is 50.1 Å². The number of piperazine rings is 1. The maximum Gasteiger partial charge on any atom is 0.244 e. The van der Waals surface area contributed by atoms with Crippen LogP contribution in [0.5, 0.6) is 0 Å². The van der Waals surface area contributed by atoms with Gasteiger partial charge in [0.2, 0.25) is 10.0 Å². The van der Waals surface area contributed by atoms with Crippen molar-refractivity contribution in [3.05, 3.63) is 41.2 Å². The topological polar surface area (TPSA) is 69.6 Å². The first-order chi connectivity index (χ1) is 12.3. The van der Waals surface area contributed by atoms with Crippen molar-refractivity contribution >= 4 is 33.3 Å². The summed E-state index contributed by atoms with van der Waals surface area (Å²) in [7, 11) is 0.266. The molecule has 1 fully saturated rings. The van der Waals surface area contributed by atoms with Gasteiger partial charge < -0.3 is 9.80 Å². The minimum absolute atomic E-state index is 0.155. The molecule has 0 N–H and O–H groups in total. The van der Waals surface area contributed by atoms with Gasteiger partial charge in [0.05, 0.1) is 5.02 Å². The summed E-state index contributed by atoms with van der Waals surface area (Å²) in [5.74, 6) is 2.34. The van der Waals surface area contributed by atoms with E-state index in [-0.39, 0.29) is 9.92 Å². The van der Waals surface area contributed by atoms with Crippen molar-refractivity contribution in [2.45, 2.75) is 11.8 Å². The molecule has 7 nitrogen and oxygen atoms in total. The first kappa shape index (κ1) is 18.9. The minimum atomic E-state index is -3.59. The predicted octanol–water partition coefficient (Wildman–Crippen LogP) is 2.02. The van der Waals surface area contributed by atoms with Crippen molar-refractivity contribution in [3.63, 3.8) is 0 Å². The lowest BCUT2D eigenvalue weighted by molar-refractivity contribution is 0.383. The molecule has 0 unspecified atom stereocenters. The van der Waals surface area contributed by atoms with Crippen LogP contribution in [0.4, 0.5) is 11.6 Å². The molecule has 0 saturated carbocycles. The highest BCUT2D eigenvalue weighted by atomic mass is 35.5. The summed E-state index contributed by atoms with van der Waals surface area (Å²) in [5.41, 5.74) is 0. The van der Waals surface area contributed by atoms with E-state index >= 15 is 0 Å². The van der Waals surface area contributed by atoms with Crippen LogP contribution in [0.2, 0.25) is 5.02 Å². The molecule has 2 aromatic rings. The summed E-state index contributed by atoms with van der Waals surface area (Å²) in [5, 5.41) is 0.247. The molecule has 0 bridgehead atoms. The van der Waals surface area contributed by atoms with E-state index < -0.39 is 10.0 Å². The second kappa shape index (κ2) is 7.38. The van der Waals surface area contributed by atoms with E-state index in [2.05, 4.69) is 14.9 Å². The number of hydrogen-bond acceptors (Lipinski definition) is 6. The van der Waals surface area contributed by atoms with Gasteiger partial charge in [0.15, 0.2) is 0 Å². The third-order valence-corrected chi connectivity index (χ3v) is 6.68. The first-order valence-electron chi connectivity index (χ1n) is 8.31. The molecule has 0 atom stereocenters. The van der Waals surface area contributed by atoms with E-state index in [4.69, 9.17) is 11.6 Å². The second-order valence-corrected chi connectivity index (χ2v) is 8.66. The number of benzene rings is 1. The molecule has 0 aliphatic carbocycles. The Hall–Kier alpha value is -1.90. The van der Waals surface area contributed by atoms with Gasteiger partial charge in [0.25, 0.3) is 0 Å². The largest absolute Gasteiger partial charge is 0.363 e. The highest BCUT2D eigenvalue weighted by Gasteiger charge is 2.30. The molecule has 0 radical (unpaired) electrons. The molecular formula is C17H22ClN5O2S. The maximum atomic E-state index is 12.8. The molecule has 1 aromatic heterocycles. The summed E-state index contributed by atoms with van der Waals surface area (Å²) < 4.78 is 27.2. The standard InChI is InChI=1S/C17H22ClN5O2S/c1-13-19-16(21(2)3)12-17(20-13)22-8-10-23(11-9-22)26(24,25)15-7-5-4-6-14(15)18/h4-7,12H,8-11H2,1-3H3. The number of hydrogen-bond donors (Lipinski definition) is 0. The van der Waals surface area contributed by atoms with Gasteiger partial charge in [0, 0.05) is 46.3 Å². The van der Waals surface area contributed by atoms with E-state index in [1.54, 1.807) is 24.3 Å². The van der Waals surface area contributed by atoms with Crippen molar-refractivity contribution in [2.24, 2.45) is 0 Å². The third-order valence-electron chi connectivity index (χ3n) is 4.29. The molecule has 0 amide bonds. The Balaban J connectivity index is 1.77. The van der Waals surface area contributed by atoms with Gasteiger partial charge >= 0.3 is 0 Å². The van der Waals surface area contributed by atoms with Gasteiger partial charge in [0.1, 0.15) is 22.4 Å². The predicted molar refractivity (Wildman–Crippen MR) is 104 cm³/mol. The molecule has 3 rings (SSSR count). The normalized spacial score (nSPS) is 15.9. The Labute approximate surface area is 159 Å². The lowest BCUT2D eigenvalue weighted by Gasteiger charge is -2.35. The van der Waals surface area contributed by atoms with Gasteiger partial charge in [-0.1, -0.05) is 23.7 Å². The summed E-state index contributed by atoms with van der Waals surface area (Å²) in [6.07, 6.45) is 0. The quantitative estimate of drug-likeness (QED) is 0.788. The van der Waals surface area contributed by atoms with E-state index in [9.17, 15) is 8.42 Å². The number of halogens is 1. The van der Waals surface area contributed by atoms with Gasteiger partial charge in [-0.2, -0.15) is 4.31 Å². The highest BCUT2D eigenvalue weighted by molar-refractivity contribution is 7.89. The Kier molecular flexibility index (Phi) is 5.36. The smallest absolute Gasteiger partial charge is 0.244 e. The number of aryl methyl sites for hydroxylation is 1. The molecule has 9 heteroatoms. The summed E-state index contributed by atoms with van der Waals surface area (Å²) in [4.78, 5) is 13.1. The van der Waals surface area contributed by atoms with Crippen LogP contribution in [0.1, 0.15) is 5.82 Å². The van der Waals surface area contributed by atoms with Gasteiger partial charge in [-0.3, -0.25) is 0 Å². The fraction of sp³-hybridized carbons (Fsp3) is 0.412. The monoisotopic (exact) mass is 395 g/mol. The van der Waals surface area contributed by atoms with E-state index in [0.717, 1.165) is 11.6 Å². The fourth-order valence-corrected chi connectivity index (χ4v) is 4.79. The lowest BCUT2D eigenvalue weighted by Crippen LogP contribution is -2.49. The van der Waals surface area contributed by atoms with Crippen LogP contribution in [-0.2, 0) is 10.0 Å². The Morgan fingerprint density at radius 2 is 1.73 bits per heavy atom. The van der Waals surface area contributed by atoms with E-state index in [1.807, 2.05) is 32.0 Å². The zero-order valence-corrected chi connectivity index (χ0v) is 16.6. The summed E-state index contributed by atoms with van der Waals surface area (Å²) in [6, 6.07) is 8.46. The van der Waals surface area contributed by atoms with Crippen molar-refractivity contribution in [1.82, 2.24) is 14.3 Å². The molecule has 1 saturated heterocycles. The molecule has 1 aliphatic heterocycles. The van der Waals surface area contributed by atoms with Crippen LogP contribution >= 0.6 is 11.6 Å². The van der Waals surface area contributed by atoms with Crippen molar-refractivity contribution in [3.8, 4) is 0 Å². The zero-order chi connectivity index (χ0) is 18.9. The van der Waals surface area contributed by atoms with Crippen LogP contribution in [0, 0.1) is 6.92 Å². The molecule has 2 heterocycles. The minimum Gasteiger partial charge on any atom is -0.363 e. The highest BCUT2D eigenvalue weighted by Crippen LogP contribution is 2.26. The van der Waals surface area contributed by atoms with Crippen LogP contribution in [-0.4, -0.2) is 63.0 Å². The number of anilines is 2. The second-order valence-electron chi connectivity index (χ2n) is 6.35. The van der Waals surface area contributed by atoms with Gasteiger partial charge in [-0.05, 0) is 19.1 Å². The Bertz CT molecular complexity index is 896. The van der Waals surface area contributed by atoms with Crippen LogP contribution in [0.25, 0.3) is 0 Å². The average Bonchev–Trinajstić information content (AvgIpc) is 2.61. The molecule has 140 valence electrons. The van der Waals surface area contributed by atoms with Gasteiger partial charge in [-0.15, -0.1) is 0 Å². The van der Waals surface area contributed by atoms with Crippen molar-refractivity contribution < 1.29 is 8.42 Å². The molecular weight excluding hydrogens is 374 g/mol. The van der Waals surface area contributed by atoms with Crippen LogP contribution < -0.4 is 9.80 Å². The SMILES string of the molecule is Cc1nc(N(C)C)cc(N2CCN(S(=O)(=O)c3ccccc3Cl)CC2)n1. The number of sulfonamides is 1. The Morgan fingerprint density at radius 3 is 2.35 bits per heavy atom. The van der Waals surface area contributed by atoms with Crippen LogP contribution in [0.15, 0.2) is 35.2 Å². The van der Waals surface area contributed by atoms with Gasteiger partial charge in [-0.25, -0.2) is 18.4 Å². The Morgan fingerprint density at radius 1 is 1.08 bits per heavy atom. The first-order valence-corrected chi connectivity index (χ1v) is 10.1. The molecule has 26 heavy (non-hydrogen) atoms. The molecule has 1 aliphatic rings. The number of rotatable bonds is 4. The lowest BCUT2D eigenvalue weighted by atomic mass is 10.3. The van der Waals surface area contributed by atoms with E-state index in [0.29, 0.717) is 32.0 Å². The third kappa shape index (κ3) is 3.77. The molecule has 0 spiro atoms. The van der Waals surface area contributed by atoms with Crippen LogP contribution in [0.3, 0.4) is 0 Å². The van der Waals surface area contributed by atoms with E-state index in [1.165, 1.54) is 4.31 Å². The number of aromatic nitrogens is 2. The maximum absolute atomic E-state index is 12.8. The average molecular weight is 396 g/mol. The zero-order valence-electron chi connectivity index (χ0n) is 15.1. The summed E-state index contributed by atoms with van der Waals surface area (Å²) in [6.45, 7) is 3.75. The fourth-order valence-electron chi connectivity index (χ4n) is 2.88. The summed E-state index contributed by atoms with van der Waals surface area (Å²) >= 11 is 6.08. The molecule has 1 aromatic carbocycles. The number of nitrogens with zero attached hydrogens (tertiary/aromatic N) is 5. The van der Waals surface area contributed by atoms with Crippen molar-refractivity contribution in [1.29, 1.82) is 0 Å².